The Balaban J connectivity index is 1.54. The Labute approximate surface area is 198 Å². The van der Waals surface area contributed by atoms with Crippen molar-refractivity contribution in [2.75, 3.05) is 24.5 Å². The van der Waals surface area contributed by atoms with E-state index in [0.717, 1.165) is 6.07 Å². The van der Waals surface area contributed by atoms with Crippen molar-refractivity contribution in [1.82, 2.24) is 14.5 Å². The number of alkyl halides is 3. The summed E-state index contributed by atoms with van der Waals surface area (Å²) in [6.45, 7) is 4.33. The van der Waals surface area contributed by atoms with Crippen LogP contribution in [0, 0.1) is 11.3 Å². The first kappa shape index (κ1) is 23.9. The number of hydrogen-bond donors (Lipinski definition) is 0. The highest BCUT2D eigenvalue weighted by molar-refractivity contribution is 6.31. The molecule has 7 nitrogen and oxygen atoms in total. The Morgan fingerprint density at radius 1 is 1.24 bits per heavy atom. The standard InChI is InChI=1S/C23H21ClF3N5O2/c1-14-12-31(13-15-3-5-17(9-18(15)24)34-23(25,26)27)7-8-32(14)20-10-21(33)30(2)19-6-4-16(11-28)29-22(19)20/h3-6,9-10,14H,7-8,12-13H2,1-2H3/t14-/m0/s1. The van der Waals surface area contributed by atoms with Gasteiger partial charge in [0, 0.05) is 50.4 Å². The second-order valence-corrected chi connectivity index (χ2v) is 8.59. The average molecular weight is 492 g/mol. The van der Waals surface area contributed by atoms with E-state index < -0.39 is 6.36 Å². The Hall–Kier alpha value is -3.29. The number of aromatic nitrogens is 2. The molecule has 0 N–H and O–H groups in total. The van der Waals surface area contributed by atoms with Crippen LogP contribution >= 0.6 is 11.6 Å². The fraction of sp³-hybridized carbons (Fsp3) is 0.348. The van der Waals surface area contributed by atoms with Gasteiger partial charge in [0.15, 0.2) is 0 Å². The Bertz CT molecular complexity index is 1340. The molecular weight excluding hydrogens is 471 g/mol. The van der Waals surface area contributed by atoms with Gasteiger partial charge in [-0.25, -0.2) is 4.98 Å². The number of benzene rings is 1. The lowest BCUT2D eigenvalue weighted by Gasteiger charge is -2.41. The van der Waals surface area contributed by atoms with Crippen molar-refractivity contribution >= 4 is 28.3 Å². The zero-order chi connectivity index (χ0) is 24.6. The molecule has 1 aliphatic heterocycles. The SMILES string of the molecule is C[C@H]1CN(Cc2ccc(OC(F)(F)F)cc2Cl)CCN1c1cc(=O)n(C)c2ccc(C#N)nc12. The summed E-state index contributed by atoms with van der Waals surface area (Å²) >= 11 is 6.21. The fourth-order valence-electron chi connectivity index (χ4n) is 4.22. The molecule has 0 radical (unpaired) electrons. The van der Waals surface area contributed by atoms with Crippen LogP contribution in [0.4, 0.5) is 18.9 Å². The third-order valence-electron chi connectivity index (χ3n) is 5.86. The van der Waals surface area contributed by atoms with Crippen molar-refractivity contribution in [3.8, 4) is 11.8 Å². The highest BCUT2D eigenvalue weighted by Crippen LogP contribution is 2.30. The highest BCUT2D eigenvalue weighted by atomic mass is 35.5. The predicted octanol–water partition coefficient (Wildman–Crippen LogP) is 4.07. The molecular formula is C23H21ClF3N5O2. The molecule has 1 atom stereocenters. The molecule has 1 aliphatic rings. The minimum atomic E-state index is -4.78. The fourth-order valence-corrected chi connectivity index (χ4v) is 4.45. The van der Waals surface area contributed by atoms with Gasteiger partial charge in [-0.3, -0.25) is 9.69 Å². The number of pyridine rings is 2. The topological polar surface area (TPSA) is 74.4 Å². The summed E-state index contributed by atoms with van der Waals surface area (Å²) in [6.07, 6.45) is -4.78. The van der Waals surface area contributed by atoms with Crippen LogP contribution in [0.5, 0.6) is 5.75 Å². The first-order valence-electron chi connectivity index (χ1n) is 10.5. The first-order chi connectivity index (χ1) is 16.1. The normalized spacial score (nSPS) is 17.1. The van der Waals surface area contributed by atoms with Gasteiger partial charge in [-0.15, -0.1) is 13.2 Å². The number of halogens is 4. The van der Waals surface area contributed by atoms with E-state index in [4.69, 9.17) is 11.6 Å². The molecule has 1 fully saturated rings. The van der Waals surface area contributed by atoms with E-state index in [1.54, 1.807) is 25.2 Å². The summed E-state index contributed by atoms with van der Waals surface area (Å²) in [5.74, 6) is -0.360. The van der Waals surface area contributed by atoms with Gasteiger partial charge in [-0.1, -0.05) is 17.7 Å². The van der Waals surface area contributed by atoms with Gasteiger partial charge in [0.25, 0.3) is 5.56 Å². The van der Waals surface area contributed by atoms with E-state index in [2.05, 4.69) is 19.5 Å². The van der Waals surface area contributed by atoms with Crippen LogP contribution in [0.15, 0.2) is 41.2 Å². The molecule has 2 aromatic heterocycles. The second-order valence-electron chi connectivity index (χ2n) is 8.18. The quantitative estimate of drug-likeness (QED) is 0.548. The summed E-state index contributed by atoms with van der Waals surface area (Å²) in [4.78, 5) is 21.2. The third kappa shape index (κ3) is 4.95. The number of ether oxygens (including phenoxy) is 1. The van der Waals surface area contributed by atoms with Gasteiger partial charge in [0.2, 0.25) is 0 Å². The van der Waals surface area contributed by atoms with Crippen LogP contribution in [0.3, 0.4) is 0 Å². The largest absolute Gasteiger partial charge is 0.573 e. The van der Waals surface area contributed by atoms with E-state index in [-0.39, 0.29) is 28.1 Å². The first-order valence-corrected chi connectivity index (χ1v) is 10.9. The number of aryl methyl sites for hydroxylation is 1. The summed E-state index contributed by atoms with van der Waals surface area (Å²) in [5, 5.41) is 9.47. The maximum atomic E-state index is 12.6. The van der Waals surface area contributed by atoms with E-state index >= 15 is 0 Å². The van der Waals surface area contributed by atoms with Gasteiger partial charge in [-0.2, -0.15) is 5.26 Å². The number of hydrogen-bond acceptors (Lipinski definition) is 6. The van der Waals surface area contributed by atoms with Crippen LogP contribution in [0.1, 0.15) is 18.2 Å². The van der Waals surface area contributed by atoms with Gasteiger partial charge in [0.1, 0.15) is 23.0 Å². The average Bonchev–Trinajstić information content (AvgIpc) is 2.77. The van der Waals surface area contributed by atoms with E-state index in [1.165, 1.54) is 16.7 Å². The Morgan fingerprint density at radius 2 is 2.00 bits per heavy atom. The molecule has 34 heavy (non-hydrogen) atoms. The van der Waals surface area contributed by atoms with Crippen molar-refractivity contribution < 1.29 is 17.9 Å². The molecule has 0 spiro atoms. The van der Waals surface area contributed by atoms with Crippen molar-refractivity contribution in [2.45, 2.75) is 25.9 Å². The molecule has 0 unspecified atom stereocenters. The molecule has 3 aromatic rings. The summed E-state index contributed by atoms with van der Waals surface area (Å²) in [7, 11) is 1.66. The van der Waals surface area contributed by atoms with Crippen molar-refractivity contribution in [3.63, 3.8) is 0 Å². The molecule has 0 saturated carbocycles. The van der Waals surface area contributed by atoms with Crippen molar-refractivity contribution in [2.24, 2.45) is 7.05 Å². The van der Waals surface area contributed by atoms with Crippen molar-refractivity contribution in [3.05, 3.63) is 63.0 Å². The molecule has 178 valence electrons. The van der Waals surface area contributed by atoms with Gasteiger partial charge in [-0.05, 0) is 36.8 Å². The lowest BCUT2D eigenvalue weighted by Crippen LogP contribution is -2.52. The number of anilines is 1. The lowest BCUT2D eigenvalue weighted by atomic mass is 10.1. The van der Waals surface area contributed by atoms with E-state index in [9.17, 15) is 23.2 Å². The summed E-state index contributed by atoms with van der Waals surface area (Å²) in [5.41, 5.74) is 2.70. The summed E-state index contributed by atoms with van der Waals surface area (Å²) in [6, 6.07) is 10.8. The smallest absolute Gasteiger partial charge is 0.406 e. The molecule has 1 saturated heterocycles. The number of rotatable bonds is 4. The predicted molar refractivity (Wildman–Crippen MR) is 122 cm³/mol. The van der Waals surface area contributed by atoms with Crippen LogP contribution < -0.4 is 15.2 Å². The molecule has 0 bridgehead atoms. The molecule has 1 aromatic carbocycles. The maximum absolute atomic E-state index is 12.6. The minimum Gasteiger partial charge on any atom is -0.406 e. The van der Waals surface area contributed by atoms with Gasteiger partial charge >= 0.3 is 6.36 Å². The van der Waals surface area contributed by atoms with Crippen LogP contribution in [-0.4, -0.2) is 46.5 Å². The van der Waals surface area contributed by atoms with E-state index in [1.807, 2.05) is 13.0 Å². The van der Waals surface area contributed by atoms with Gasteiger partial charge in [0.05, 0.1) is 11.2 Å². The number of nitrogens with zero attached hydrogens (tertiary/aromatic N) is 5. The molecule has 3 heterocycles. The maximum Gasteiger partial charge on any atom is 0.573 e. The third-order valence-corrected chi connectivity index (χ3v) is 6.21. The second kappa shape index (κ2) is 9.16. The number of fused-ring (bicyclic) bond motifs is 1. The molecule has 0 aliphatic carbocycles. The minimum absolute atomic E-state index is 0.00297. The van der Waals surface area contributed by atoms with Crippen LogP contribution in [0.25, 0.3) is 11.0 Å². The number of nitriles is 1. The monoisotopic (exact) mass is 491 g/mol. The highest BCUT2D eigenvalue weighted by Gasteiger charge is 2.31. The van der Waals surface area contributed by atoms with Crippen LogP contribution in [-0.2, 0) is 13.6 Å². The number of piperazine rings is 1. The zero-order valence-electron chi connectivity index (χ0n) is 18.4. The summed E-state index contributed by atoms with van der Waals surface area (Å²) < 4.78 is 42.7. The van der Waals surface area contributed by atoms with Gasteiger partial charge < -0.3 is 14.2 Å². The molecule has 0 amide bonds. The Kier molecular flexibility index (Phi) is 6.43. The van der Waals surface area contributed by atoms with Crippen LogP contribution in [0.2, 0.25) is 5.02 Å². The van der Waals surface area contributed by atoms with E-state index in [0.29, 0.717) is 48.5 Å². The van der Waals surface area contributed by atoms with Crippen molar-refractivity contribution in [1.29, 1.82) is 5.26 Å². The molecule has 4 rings (SSSR count). The lowest BCUT2D eigenvalue weighted by molar-refractivity contribution is -0.274. The molecule has 11 heteroatoms. The Morgan fingerprint density at radius 3 is 2.65 bits per heavy atom. The zero-order valence-corrected chi connectivity index (χ0v) is 19.2.